The van der Waals surface area contributed by atoms with E-state index in [0.717, 1.165) is 28.8 Å². The van der Waals surface area contributed by atoms with E-state index in [9.17, 15) is 5.11 Å². The first kappa shape index (κ1) is 24.6. The molecular formula is C33H33BrO2. The highest BCUT2D eigenvalue weighted by molar-refractivity contribution is 9.10. The minimum Gasteiger partial charge on any atom is -0.508 e. The summed E-state index contributed by atoms with van der Waals surface area (Å²) in [7, 11) is 0. The van der Waals surface area contributed by atoms with Crippen LogP contribution in [0.3, 0.4) is 0 Å². The van der Waals surface area contributed by atoms with Crippen molar-refractivity contribution in [3.63, 3.8) is 0 Å². The van der Waals surface area contributed by atoms with Crippen LogP contribution in [-0.4, -0.2) is 11.7 Å². The molecule has 2 nitrogen and oxygen atoms in total. The van der Waals surface area contributed by atoms with E-state index in [-0.39, 0.29) is 5.75 Å². The third kappa shape index (κ3) is 4.35. The second-order valence-electron chi connectivity index (χ2n) is 9.78. The van der Waals surface area contributed by atoms with Gasteiger partial charge in [-0.2, -0.15) is 0 Å². The first-order chi connectivity index (χ1) is 17.6. The first-order valence-corrected chi connectivity index (χ1v) is 13.8. The van der Waals surface area contributed by atoms with Gasteiger partial charge >= 0.3 is 0 Å². The van der Waals surface area contributed by atoms with Crippen LogP contribution in [0, 0.1) is 5.92 Å². The summed E-state index contributed by atoms with van der Waals surface area (Å²) in [5.74, 6) is 1.78. The third-order valence-electron chi connectivity index (χ3n) is 7.62. The van der Waals surface area contributed by atoms with Crippen LogP contribution in [0.2, 0.25) is 0 Å². The average Bonchev–Trinajstić information content (AvgIpc) is 3.20. The lowest BCUT2D eigenvalue weighted by Crippen LogP contribution is -2.28. The normalized spacial score (nSPS) is 16.9. The summed E-state index contributed by atoms with van der Waals surface area (Å²) in [6, 6.07) is 31.6. The molecule has 0 amide bonds. The number of hydrogen-bond acceptors (Lipinski definition) is 2. The summed E-state index contributed by atoms with van der Waals surface area (Å²) >= 11 is 3.73. The zero-order chi connectivity index (χ0) is 25.1. The molecule has 0 fully saturated rings. The molecule has 0 heterocycles. The Balaban J connectivity index is 1.61. The van der Waals surface area contributed by atoms with Crippen LogP contribution in [0.1, 0.15) is 61.8 Å². The van der Waals surface area contributed by atoms with E-state index in [1.807, 2.05) is 12.1 Å². The summed E-state index contributed by atoms with van der Waals surface area (Å²) in [5.41, 5.74) is 6.80. The van der Waals surface area contributed by atoms with Crippen molar-refractivity contribution in [2.75, 3.05) is 6.61 Å². The van der Waals surface area contributed by atoms with Gasteiger partial charge < -0.3 is 9.84 Å². The van der Waals surface area contributed by atoms with E-state index in [1.54, 1.807) is 12.1 Å². The monoisotopic (exact) mass is 540 g/mol. The molecular weight excluding hydrogens is 508 g/mol. The van der Waals surface area contributed by atoms with E-state index in [1.165, 1.54) is 47.1 Å². The molecule has 0 radical (unpaired) electrons. The van der Waals surface area contributed by atoms with Crippen molar-refractivity contribution in [1.29, 1.82) is 0 Å². The van der Waals surface area contributed by atoms with Gasteiger partial charge in [0.1, 0.15) is 11.5 Å². The molecule has 1 N–H and O–H groups in total. The van der Waals surface area contributed by atoms with Gasteiger partial charge in [-0.05, 0) is 82.1 Å². The van der Waals surface area contributed by atoms with Crippen LogP contribution in [0.4, 0.5) is 0 Å². The molecule has 0 saturated carbocycles. The number of ether oxygens (including phenoxy) is 1. The maximum atomic E-state index is 10.1. The quantitative estimate of drug-likeness (QED) is 0.202. The minimum atomic E-state index is -0.491. The Hall–Kier alpha value is -3.04. The molecule has 36 heavy (non-hydrogen) atoms. The van der Waals surface area contributed by atoms with Gasteiger partial charge in [-0.1, -0.05) is 104 Å². The van der Waals surface area contributed by atoms with Crippen LogP contribution >= 0.6 is 15.9 Å². The zero-order valence-electron chi connectivity index (χ0n) is 21.0. The predicted octanol–water partition coefficient (Wildman–Crippen LogP) is 9.11. The number of benzene rings is 4. The molecule has 2 atom stereocenters. The fourth-order valence-electron chi connectivity index (χ4n) is 5.67. The van der Waals surface area contributed by atoms with Crippen molar-refractivity contribution in [3.05, 3.63) is 118 Å². The Labute approximate surface area is 223 Å². The highest BCUT2D eigenvalue weighted by Crippen LogP contribution is 2.56. The van der Waals surface area contributed by atoms with E-state index < -0.39 is 5.41 Å². The summed E-state index contributed by atoms with van der Waals surface area (Å²) in [6.45, 7) is 5.26. The SMILES string of the molecule is CCCCC(CC)COc1ccc(C2(c3ccc(O)cc3)c3ccccc3-c3ccc(Br)cc32)cc1. The van der Waals surface area contributed by atoms with Gasteiger partial charge in [0.25, 0.3) is 0 Å². The fraction of sp³-hybridized carbons (Fsp3) is 0.273. The van der Waals surface area contributed by atoms with Crippen molar-refractivity contribution in [3.8, 4) is 22.6 Å². The maximum Gasteiger partial charge on any atom is 0.119 e. The van der Waals surface area contributed by atoms with Gasteiger partial charge in [0.15, 0.2) is 0 Å². The summed E-state index contributed by atoms with van der Waals surface area (Å²) in [4.78, 5) is 0. The molecule has 0 spiro atoms. The Morgan fingerprint density at radius 3 is 2.17 bits per heavy atom. The number of rotatable bonds is 9. The van der Waals surface area contributed by atoms with E-state index in [4.69, 9.17) is 4.74 Å². The number of fused-ring (bicyclic) bond motifs is 3. The largest absolute Gasteiger partial charge is 0.508 e. The number of aromatic hydroxyl groups is 1. The number of phenols is 1. The standard InChI is InChI=1S/C33H33BrO2/c1-3-5-8-23(4-2)22-36-28-18-13-25(14-19-28)33(24-11-16-27(35)17-12-24)31-10-7-6-9-29(31)30-20-15-26(34)21-32(30)33/h6-7,9-21,23,35H,3-5,8,22H2,1-2H3. The molecule has 5 rings (SSSR count). The smallest absolute Gasteiger partial charge is 0.119 e. The molecule has 1 aliphatic carbocycles. The molecule has 1 aliphatic rings. The summed E-state index contributed by atoms with van der Waals surface area (Å²) in [5, 5.41) is 10.1. The lowest BCUT2D eigenvalue weighted by Gasteiger charge is -2.34. The number of unbranched alkanes of at least 4 members (excludes halogenated alkanes) is 1. The van der Waals surface area contributed by atoms with E-state index in [0.29, 0.717) is 5.92 Å². The molecule has 4 aromatic rings. The van der Waals surface area contributed by atoms with Crippen molar-refractivity contribution >= 4 is 15.9 Å². The van der Waals surface area contributed by atoms with E-state index >= 15 is 0 Å². The average molecular weight is 542 g/mol. The molecule has 4 aromatic carbocycles. The second-order valence-corrected chi connectivity index (χ2v) is 10.7. The minimum absolute atomic E-state index is 0.270. The third-order valence-corrected chi connectivity index (χ3v) is 8.12. The van der Waals surface area contributed by atoms with Crippen molar-refractivity contribution in [1.82, 2.24) is 0 Å². The van der Waals surface area contributed by atoms with Crippen molar-refractivity contribution in [2.24, 2.45) is 5.92 Å². The Morgan fingerprint density at radius 1 is 0.806 bits per heavy atom. The van der Waals surface area contributed by atoms with Gasteiger partial charge in [0.2, 0.25) is 0 Å². The van der Waals surface area contributed by atoms with Crippen LogP contribution in [0.15, 0.2) is 95.5 Å². The number of hydrogen-bond donors (Lipinski definition) is 1. The lowest BCUT2D eigenvalue weighted by atomic mass is 9.68. The molecule has 0 bridgehead atoms. The predicted molar refractivity (Wildman–Crippen MR) is 152 cm³/mol. The molecule has 0 aliphatic heterocycles. The second kappa shape index (κ2) is 10.5. The maximum absolute atomic E-state index is 10.1. The van der Waals surface area contributed by atoms with Gasteiger partial charge in [-0.3, -0.25) is 0 Å². The molecule has 2 unspecified atom stereocenters. The van der Waals surface area contributed by atoms with Crippen LogP contribution in [-0.2, 0) is 5.41 Å². The Bertz CT molecular complexity index is 1330. The topological polar surface area (TPSA) is 29.5 Å². The highest BCUT2D eigenvalue weighted by Gasteiger charge is 2.46. The van der Waals surface area contributed by atoms with Crippen LogP contribution in [0.5, 0.6) is 11.5 Å². The van der Waals surface area contributed by atoms with Crippen LogP contribution in [0.25, 0.3) is 11.1 Å². The molecule has 0 aromatic heterocycles. The first-order valence-electron chi connectivity index (χ1n) is 13.0. The number of phenolic OH excluding ortho intramolecular Hbond substituents is 1. The van der Waals surface area contributed by atoms with Crippen molar-refractivity contribution in [2.45, 2.75) is 44.9 Å². The van der Waals surface area contributed by atoms with Gasteiger partial charge in [0.05, 0.1) is 12.0 Å². The van der Waals surface area contributed by atoms with Crippen LogP contribution < -0.4 is 4.74 Å². The van der Waals surface area contributed by atoms with E-state index in [2.05, 4.69) is 96.5 Å². The molecule has 0 saturated heterocycles. The summed E-state index contributed by atoms with van der Waals surface area (Å²) in [6.07, 6.45) is 4.84. The lowest BCUT2D eigenvalue weighted by molar-refractivity contribution is 0.233. The highest BCUT2D eigenvalue weighted by atomic mass is 79.9. The van der Waals surface area contributed by atoms with Gasteiger partial charge in [-0.25, -0.2) is 0 Å². The van der Waals surface area contributed by atoms with Gasteiger partial charge in [-0.15, -0.1) is 0 Å². The molecule has 3 heteroatoms. The van der Waals surface area contributed by atoms with Crippen molar-refractivity contribution < 1.29 is 9.84 Å². The number of halogens is 1. The molecule has 184 valence electrons. The fourth-order valence-corrected chi connectivity index (χ4v) is 6.03. The zero-order valence-corrected chi connectivity index (χ0v) is 22.6. The van der Waals surface area contributed by atoms with Gasteiger partial charge in [0, 0.05) is 4.47 Å². The Morgan fingerprint density at radius 2 is 1.47 bits per heavy atom. The summed E-state index contributed by atoms with van der Waals surface area (Å²) < 4.78 is 7.30. The Kier molecular flexibility index (Phi) is 7.20.